The van der Waals surface area contributed by atoms with Crippen molar-refractivity contribution in [1.82, 2.24) is 15.5 Å². The largest absolute Gasteiger partial charge is 0.462 e. The summed E-state index contributed by atoms with van der Waals surface area (Å²) in [7, 11) is 0. The third kappa shape index (κ3) is 2.98. The Morgan fingerprint density at radius 2 is 2.14 bits per heavy atom. The van der Waals surface area contributed by atoms with E-state index in [0.717, 1.165) is 0 Å². The molecule has 2 aromatic rings. The second-order valence-electron chi connectivity index (χ2n) is 5.14. The lowest BCUT2D eigenvalue weighted by molar-refractivity contribution is -0.119. The van der Waals surface area contributed by atoms with Crippen LogP contribution in [0.15, 0.2) is 30.5 Å². The molecular formula is C15H14FN3O3. The van der Waals surface area contributed by atoms with Crippen LogP contribution in [-0.4, -0.2) is 35.2 Å². The van der Waals surface area contributed by atoms with Crippen molar-refractivity contribution < 1.29 is 18.7 Å². The number of nitrogens with zero attached hydrogens (tertiary/aromatic N) is 1. The Morgan fingerprint density at radius 3 is 2.82 bits per heavy atom. The smallest absolute Gasteiger partial charge is 0.341 e. The number of amides is 1. The lowest BCUT2D eigenvalue weighted by Crippen LogP contribution is -2.17. The van der Waals surface area contributed by atoms with Crippen molar-refractivity contribution >= 4 is 11.9 Å². The molecule has 7 heteroatoms. The maximum atomic E-state index is 13.0. The van der Waals surface area contributed by atoms with Crippen molar-refractivity contribution in [3.8, 4) is 11.3 Å². The average molecular weight is 303 g/mol. The number of ether oxygens (including phenoxy) is 1. The van der Waals surface area contributed by atoms with Crippen LogP contribution >= 0.6 is 0 Å². The van der Waals surface area contributed by atoms with Gasteiger partial charge in [-0.05, 0) is 24.3 Å². The molecular weight excluding hydrogens is 289 g/mol. The zero-order valence-electron chi connectivity index (χ0n) is 11.6. The molecule has 2 heterocycles. The van der Waals surface area contributed by atoms with Crippen molar-refractivity contribution in [2.75, 3.05) is 13.2 Å². The second-order valence-corrected chi connectivity index (χ2v) is 5.14. The van der Waals surface area contributed by atoms with Gasteiger partial charge in [-0.1, -0.05) is 0 Å². The van der Waals surface area contributed by atoms with Gasteiger partial charge in [0.2, 0.25) is 5.91 Å². The Bertz CT molecular complexity index is 696. The van der Waals surface area contributed by atoms with E-state index in [1.807, 2.05) is 0 Å². The number of hydrogen-bond donors (Lipinski definition) is 2. The van der Waals surface area contributed by atoms with Gasteiger partial charge >= 0.3 is 5.97 Å². The molecule has 0 radical (unpaired) electrons. The standard InChI is InChI=1S/C15H14FN3O3/c16-11-3-1-10(2-4-11)14-12(7-18-19-14)15(21)22-8-9-5-13(20)17-6-9/h1-4,7,9H,5-6,8H2,(H,17,20)(H,18,19)/t9-/m0/s1. The first-order valence-electron chi connectivity index (χ1n) is 6.86. The molecule has 3 rings (SSSR count). The molecule has 0 bridgehead atoms. The van der Waals surface area contributed by atoms with Gasteiger partial charge in [-0.3, -0.25) is 9.89 Å². The lowest BCUT2D eigenvalue weighted by Gasteiger charge is -2.09. The number of esters is 1. The summed E-state index contributed by atoms with van der Waals surface area (Å²) < 4.78 is 18.2. The van der Waals surface area contributed by atoms with Crippen LogP contribution < -0.4 is 5.32 Å². The molecule has 6 nitrogen and oxygen atoms in total. The number of halogens is 1. The van der Waals surface area contributed by atoms with E-state index in [1.165, 1.54) is 18.3 Å². The van der Waals surface area contributed by atoms with Crippen LogP contribution in [0, 0.1) is 11.7 Å². The van der Waals surface area contributed by atoms with Gasteiger partial charge in [-0.15, -0.1) is 0 Å². The number of aromatic nitrogens is 2. The molecule has 22 heavy (non-hydrogen) atoms. The number of hydrogen-bond acceptors (Lipinski definition) is 4. The molecule has 114 valence electrons. The first kappa shape index (κ1) is 14.2. The molecule has 1 aliphatic rings. The molecule has 0 saturated carbocycles. The van der Waals surface area contributed by atoms with Gasteiger partial charge in [-0.2, -0.15) is 5.10 Å². The van der Waals surface area contributed by atoms with Crippen LogP contribution in [0.2, 0.25) is 0 Å². The van der Waals surface area contributed by atoms with E-state index in [1.54, 1.807) is 12.1 Å². The minimum atomic E-state index is -0.521. The van der Waals surface area contributed by atoms with E-state index in [0.29, 0.717) is 24.2 Å². The molecule has 1 amide bonds. The lowest BCUT2D eigenvalue weighted by atomic mass is 10.1. The van der Waals surface area contributed by atoms with E-state index in [-0.39, 0.29) is 29.8 Å². The molecule has 1 fully saturated rings. The molecule has 1 aliphatic heterocycles. The summed E-state index contributed by atoms with van der Waals surface area (Å²) in [5, 5.41) is 9.25. The van der Waals surface area contributed by atoms with Crippen molar-refractivity contribution in [1.29, 1.82) is 0 Å². The van der Waals surface area contributed by atoms with E-state index in [9.17, 15) is 14.0 Å². The fraction of sp³-hybridized carbons (Fsp3) is 0.267. The minimum absolute atomic E-state index is 0.00220. The summed E-state index contributed by atoms with van der Waals surface area (Å²) in [4.78, 5) is 23.2. The van der Waals surface area contributed by atoms with Gasteiger partial charge in [0.15, 0.2) is 0 Å². The Morgan fingerprint density at radius 1 is 1.36 bits per heavy atom. The van der Waals surface area contributed by atoms with Crippen LogP contribution in [0.4, 0.5) is 4.39 Å². The van der Waals surface area contributed by atoms with E-state index < -0.39 is 5.97 Å². The van der Waals surface area contributed by atoms with Gasteiger partial charge in [-0.25, -0.2) is 9.18 Å². The van der Waals surface area contributed by atoms with E-state index in [2.05, 4.69) is 15.5 Å². The normalized spacial score (nSPS) is 17.3. The predicted molar refractivity (Wildman–Crippen MR) is 75.4 cm³/mol. The molecule has 1 saturated heterocycles. The molecule has 1 atom stereocenters. The number of carbonyl (C=O) groups is 2. The fourth-order valence-electron chi connectivity index (χ4n) is 2.33. The SMILES string of the molecule is O=C1C[C@H](COC(=O)c2cn[nH]c2-c2ccc(F)cc2)CN1. The Kier molecular flexibility index (Phi) is 3.86. The van der Waals surface area contributed by atoms with Gasteiger partial charge in [0.25, 0.3) is 0 Å². The van der Waals surface area contributed by atoms with Crippen molar-refractivity contribution in [2.45, 2.75) is 6.42 Å². The monoisotopic (exact) mass is 303 g/mol. The molecule has 2 N–H and O–H groups in total. The minimum Gasteiger partial charge on any atom is -0.462 e. The van der Waals surface area contributed by atoms with Crippen LogP contribution in [0.3, 0.4) is 0 Å². The second kappa shape index (κ2) is 5.97. The van der Waals surface area contributed by atoms with Crippen LogP contribution in [0.1, 0.15) is 16.8 Å². The number of benzene rings is 1. The first-order valence-corrected chi connectivity index (χ1v) is 6.86. The van der Waals surface area contributed by atoms with Crippen LogP contribution in [0.25, 0.3) is 11.3 Å². The highest BCUT2D eigenvalue weighted by molar-refractivity contribution is 5.95. The number of carbonyl (C=O) groups excluding carboxylic acids is 2. The summed E-state index contributed by atoms with van der Waals surface area (Å²) in [5.41, 5.74) is 1.40. The molecule has 0 spiro atoms. The van der Waals surface area contributed by atoms with Crippen molar-refractivity contribution in [2.24, 2.45) is 5.92 Å². The molecule has 0 aliphatic carbocycles. The number of rotatable bonds is 4. The highest BCUT2D eigenvalue weighted by Crippen LogP contribution is 2.22. The third-order valence-corrected chi connectivity index (χ3v) is 3.50. The molecule has 0 unspecified atom stereocenters. The van der Waals surface area contributed by atoms with Gasteiger partial charge in [0.1, 0.15) is 11.4 Å². The zero-order chi connectivity index (χ0) is 15.5. The average Bonchev–Trinajstić information content (AvgIpc) is 3.14. The summed E-state index contributed by atoms with van der Waals surface area (Å²) in [6, 6.07) is 5.72. The zero-order valence-corrected chi connectivity index (χ0v) is 11.6. The highest BCUT2D eigenvalue weighted by atomic mass is 19.1. The number of H-pyrrole nitrogens is 1. The summed E-state index contributed by atoms with van der Waals surface area (Å²) in [6.45, 7) is 0.688. The molecule has 1 aromatic heterocycles. The maximum Gasteiger partial charge on any atom is 0.341 e. The predicted octanol–water partition coefficient (Wildman–Crippen LogP) is 1.51. The quantitative estimate of drug-likeness (QED) is 0.839. The Labute approximate surface area is 125 Å². The van der Waals surface area contributed by atoms with Crippen molar-refractivity contribution in [3.63, 3.8) is 0 Å². The van der Waals surface area contributed by atoms with Gasteiger partial charge in [0, 0.05) is 24.4 Å². The van der Waals surface area contributed by atoms with Crippen LogP contribution in [0.5, 0.6) is 0 Å². The molecule has 1 aromatic carbocycles. The fourth-order valence-corrected chi connectivity index (χ4v) is 2.33. The topological polar surface area (TPSA) is 84.1 Å². The van der Waals surface area contributed by atoms with Gasteiger partial charge in [0.05, 0.1) is 18.5 Å². The number of aromatic amines is 1. The van der Waals surface area contributed by atoms with Gasteiger partial charge < -0.3 is 10.1 Å². The maximum absolute atomic E-state index is 13.0. The summed E-state index contributed by atoms with van der Waals surface area (Å²) in [5.74, 6) is -0.910. The summed E-state index contributed by atoms with van der Waals surface area (Å²) in [6.07, 6.45) is 1.74. The van der Waals surface area contributed by atoms with Crippen LogP contribution in [-0.2, 0) is 9.53 Å². The first-order chi connectivity index (χ1) is 10.6. The van der Waals surface area contributed by atoms with E-state index in [4.69, 9.17) is 4.74 Å². The summed E-state index contributed by atoms with van der Waals surface area (Å²) >= 11 is 0. The number of nitrogens with one attached hydrogen (secondary N) is 2. The van der Waals surface area contributed by atoms with E-state index >= 15 is 0 Å². The van der Waals surface area contributed by atoms with Crippen molar-refractivity contribution in [3.05, 3.63) is 41.8 Å². The third-order valence-electron chi connectivity index (χ3n) is 3.50. The Hall–Kier alpha value is -2.70. The Balaban J connectivity index is 1.69. The highest BCUT2D eigenvalue weighted by Gasteiger charge is 2.24.